The zero-order chi connectivity index (χ0) is 13.7. The van der Waals surface area contributed by atoms with Gasteiger partial charge < -0.3 is 10.2 Å². The van der Waals surface area contributed by atoms with Crippen molar-refractivity contribution >= 4 is 5.91 Å². The Hall–Kier alpha value is -0.610. The van der Waals surface area contributed by atoms with Gasteiger partial charge in [-0.25, -0.2) is 0 Å². The fraction of sp³-hybridized carbons (Fsp3) is 0.933. The highest BCUT2D eigenvalue weighted by atomic mass is 16.2. The first kappa shape index (κ1) is 14.8. The average molecular weight is 267 g/mol. The van der Waals surface area contributed by atoms with Gasteiger partial charge in [0.1, 0.15) is 0 Å². The minimum atomic E-state index is 0.297. The SMILES string of the molecule is CCNC(C)CC(=O)N1CCN(C2CCCC2)CC1. The maximum absolute atomic E-state index is 12.2. The van der Waals surface area contributed by atoms with Crippen LogP contribution in [-0.2, 0) is 4.79 Å². The van der Waals surface area contributed by atoms with E-state index < -0.39 is 0 Å². The summed E-state index contributed by atoms with van der Waals surface area (Å²) in [6, 6.07) is 1.10. The van der Waals surface area contributed by atoms with Crippen LogP contribution in [0.2, 0.25) is 0 Å². The van der Waals surface area contributed by atoms with Crippen LogP contribution in [0.15, 0.2) is 0 Å². The van der Waals surface area contributed by atoms with Crippen molar-refractivity contribution in [3.63, 3.8) is 0 Å². The van der Waals surface area contributed by atoms with Gasteiger partial charge in [0, 0.05) is 44.7 Å². The minimum Gasteiger partial charge on any atom is -0.340 e. The second-order valence-electron chi connectivity index (χ2n) is 6.02. The third kappa shape index (κ3) is 4.18. The van der Waals surface area contributed by atoms with Gasteiger partial charge >= 0.3 is 0 Å². The van der Waals surface area contributed by atoms with Crippen LogP contribution in [0.5, 0.6) is 0 Å². The summed E-state index contributed by atoms with van der Waals surface area (Å²) in [7, 11) is 0. The van der Waals surface area contributed by atoms with Crippen molar-refractivity contribution in [3.8, 4) is 0 Å². The number of rotatable bonds is 5. The van der Waals surface area contributed by atoms with E-state index >= 15 is 0 Å². The van der Waals surface area contributed by atoms with Crippen molar-refractivity contribution in [1.82, 2.24) is 15.1 Å². The third-order valence-corrected chi connectivity index (χ3v) is 4.54. The molecular weight excluding hydrogens is 238 g/mol. The Labute approximate surface area is 117 Å². The van der Waals surface area contributed by atoms with Crippen molar-refractivity contribution in [2.45, 2.75) is 58.0 Å². The summed E-state index contributed by atoms with van der Waals surface area (Å²) in [6.45, 7) is 9.11. The lowest BCUT2D eigenvalue weighted by Gasteiger charge is -2.38. The number of nitrogens with one attached hydrogen (secondary N) is 1. The molecule has 2 rings (SSSR count). The Morgan fingerprint density at radius 2 is 1.84 bits per heavy atom. The third-order valence-electron chi connectivity index (χ3n) is 4.54. The largest absolute Gasteiger partial charge is 0.340 e. The first-order valence-electron chi connectivity index (χ1n) is 7.96. The van der Waals surface area contributed by atoms with Crippen LogP contribution in [0.4, 0.5) is 0 Å². The van der Waals surface area contributed by atoms with E-state index in [1.807, 2.05) is 0 Å². The van der Waals surface area contributed by atoms with Crippen LogP contribution in [0, 0.1) is 0 Å². The molecule has 1 amide bonds. The normalized spacial score (nSPS) is 23.8. The average Bonchev–Trinajstić information content (AvgIpc) is 2.93. The Balaban J connectivity index is 1.71. The lowest BCUT2D eigenvalue weighted by atomic mass is 10.1. The summed E-state index contributed by atoms with van der Waals surface area (Å²) in [4.78, 5) is 16.8. The Bertz CT molecular complexity index is 281. The minimum absolute atomic E-state index is 0.297. The van der Waals surface area contributed by atoms with E-state index in [0.717, 1.165) is 38.8 Å². The molecule has 1 saturated carbocycles. The van der Waals surface area contributed by atoms with Gasteiger partial charge in [-0.2, -0.15) is 0 Å². The molecule has 1 aliphatic heterocycles. The maximum atomic E-state index is 12.2. The van der Waals surface area contributed by atoms with Crippen LogP contribution in [-0.4, -0.2) is 60.5 Å². The van der Waals surface area contributed by atoms with Crippen molar-refractivity contribution in [2.24, 2.45) is 0 Å². The Morgan fingerprint density at radius 3 is 2.42 bits per heavy atom. The molecule has 19 heavy (non-hydrogen) atoms. The van der Waals surface area contributed by atoms with Crippen molar-refractivity contribution in [3.05, 3.63) is 0 Å². The molecule has 1 N–H and O–H groups in total. The topological polar surface area (TPSA) is 35.6 Å². The van der Waals surface area contributed by atoms with Gasteiger partial charge in [-0.05, 0) is 26.3 Å². The molecule has 0 aromatic carbocycles. The summed E-state index contributed by atoms with van der Waals surface area (Å²) < 4.78 is 0. The van der Waals surface area contributed by atoms with Crippen molar-refractivity contribution < 1.29 is 4.79 Å². The summed E-state index contributed by atoms with van der Waals surface area (Å²) in [5.74, 6) is 0.319. The molecule has 1 saturated heterocycles. The quantitative estimate of drug-likeness (QED) is 0.819. The molecule has 4 nitrogen and oxygen atoms in total. The molecule has 2 aliphatic rings. The Morgan fingerprint density at radius 1 is 1.21 bits per heavy atom. The smallest absolute Gasteiger partial charge is 0.224 e. The zero-order valence-electron chi connectivity index (χ0n) is 12.5. The van der Waals surface area contributed by atoms with Gasteiger partial charge in [0.15, 0.2) is 0 Å². The van der Waals surface area contributed by atoms with E-state index in [2.05, 4.69) is 29.0 Å². The fourth-order valence-corrected chi connectivity index (χ4v) is 3.42. The Kier molecular flexibility index (Phi) is 5.64. The number of nitrogens with zero attached hydrogens (tertiary/aromatic N) is 2. The van der Waals surface area contributed by atoms with Crippen LogP contribution in [0.25, 0.3) is 0 Å². The van der Waals surface area contributed by atoms with Gasteiger partial charge in [-0.1, -0.05) is 19.8 Å². The molecule has 0 aromatic heterocycles. The van der Waals surface area contributed by atoms with Gasteiger partial charge in [-0.15, -0.1) is 0 Å². The first-order chi connectivity index (χ1) is 9.20. The van der Waals surface area contributed by atoms with Crippen LogP contribution in [0.3, 0.4) is 0 Å². The first-order valence-corrected chi connectivity index (χ1v) is 7.96. The number of hydrogen-bond donors (Lipinski definition) is 1. The van der Waals surface area contributed by atoms with E-state index in [1.165, 1.54) is 25.7 Å². The number of carbonyl (C=O) groups is 1. The molecule has 4 heteroatoms. The number of piperazine rings is 1. The highest BCUT2D eigenvalue weighted by Crippen LogP contribution is 2.24. The van der Waals surface area contributed by atoms with E-state index in [9.17, 15) is 4.79 Å². The van der Waals surface area contributed by atoms with Gasteiger partial charge in [-0.3, -0.25) is 9.69 Å². The van der Waals surface area contributed by atoms with Gasteiger partial charge in [0.25, 0.3) is 0 Å². The van der Waals surface area contributed by atoms with Crippen molar-refractivity contribution in [1.29, 1.82) is 0 Å². The molecule has 0 bridgehead atoms. The molecule has 0 aromatic rings. The highest BCUT2D eigenvalue weighted by Gasteiger charge is 2.27. The van der Waals surface area contributed by atoms with Crippen LogP contribution >= 0.6 is 0 Å². The predicted molar refractivity (Wildman–Crippen MR) is 78.2 cm³/mol. The van der Waals surface area contributed by atoms with E-state index in [-0.39, 0.29) is 0 Å². The monoisotopic (exact) mass is 267 g/mol. The molecule has 1 heterocycles. The summed E-state index contributed by atoms with van der Waals surface area (Å²) in [5, 5.41) is 3.31. The lowest BCUT2D eigenvalue weighted by Crippen LogP contribution is -2.52. The zero-order valence-corrected chi connectivity index (χ0v) is 12.5. The molecule has 1 unspecified atom stereocenters. The predicted octanol–water partition coefficient (Wildman–Crippen LogP) is 1.46. The number of amides is 1. The van der Waals surface area contributed by atoms with Gasteiger partial charge in [0.2, 0.25) is 5.91 Å². The molecular formula is C15H29N3O. The second-order valence-corrected chi connectivity index (χ2v) is 6.02. The molecule has 0 radical (unpaired) electrons. The summed E-state index contributed by atoms with van der Waals surface area (Å²) in [6.07, 6.45) is 6.15. The molecule has 0 spiro atoms. The second kappa shape index (κ2) is 7.25. The van der Waals surface area contributed by atoms with E-state index in [1.54, 1.807) is 0 Å². The number of hydrogen-bond acceptors (Lipinski definition) is 3. The maximum Gasteiger partial charge on any atom is 0.224 e. The van der Waals surface area contributed by atoms with E-state index in [4.69, 9.17) is 0 Å². The van der Waals surface area contributed by atoms with Crippen molar-refractivity contribution in [2.75, 3.05) is 32.7 Å². The lowest BCUT2D eigenvalue weighted by molar-refractivity contribution is -0.133. The standard InChI is InChI=1S/C15H29N3O/c1-3-16-13(2)12-15(19)18-10-8-17(9-11-18)14-6-4-5-7-14/h13-14,16H,3-12H2,1-2H3. The fourth-order valence-electron chi connectivity index (χ4n) is 3.42. The van der Waals surface area contributed by atoms with E-state index in [0.29, 0.717) is 18.4 Å². The summed E-state index contributed by atoms with van der Waals surface area (Å²) in [5.41, 5.74) is 0. The molecule has 1 atom stereocenters. The molecule has 1 aliphatic carbocycles. The van der Waals surface area contributed by atoms with Gasteiger partial charge in [0.05, 0.1) is 0 Å². The number of carbonyl (C=O) groups excluding carboxylic acids is 1. The van der Waals surface area contributed by atoms with Crippen LogP contribution < -0.4 is 5.32 Å². The molecule has 2 fully saturated rings. The highest BCUT2D eigenvalue weighted by molar-refractivity contribution is 5.76. The molecule has 110 valence electrons. The summed E-state index contributed by atoms with van der Waals surface area (Å²) >= 11 is 0. The van der Waals surface area contributed by atoms with Crippen LogP contribution in [0.1, 0.15) is 46.0 Å².